The minimum Gasteiger partial charge on any atom is -0.492 e. The molecule has 1 saturated heterocycles. The molecule has 0 saturated carbocycles. The van der Waals surface area contributed by atoms with E-state index in [-0.39, 0.29) is 5.60 Å². The predicted octanol–water partition coefficient (Wildman–Crippen LogP) is 4.91. The predicted molar refractivity (Wildman–Crippen MR) is 104 cm³/mol. The van der Waals surface area contributed by atoms with Crippen molar-refractivity contribution < 1.29 is 9.47 Å². The van der Waals surface area contributed by atoms with Gasteiger partial charge in [0.25, 0.3) is 0 Å². The molecule has 4 heteroatoms. The molecule has 0 amide bonds. The van der Waals surface area contributed by atoms with Crippen LogP contribution in [0, 0.1) is 0 Å². The average Bonchev–Trinajstić information content (AvgIpc) is 2.98. The molecule has 0 bridgehead atoms. The fourth-order valence-electron chi connectivity index (χ4n) is 3.15. The van der Waals surface area contributed by atoms with E-state index in [4.69, 9.17) is 21.1 Å². The van der Waals surface area contributed by atoms with Gasteiger partial charge in [-0.1, -0.05) is 42.5 Å². The van der Waals surface area contributed by atoms with Crippen LogP contribution in [-0.4, -0.2) is 36.7 Å². The maximum Gasteiger partial charge on any atom is 0.127 e. The second kappa shape index (κ2) is 7.94. The van der Waals surface area contributed by atoms with E-state index >= 15 is 0 Å². The summed E-state index contributed by atoms with van der Waals surface area (Å²) in [6.07, 6.45) is 2.77. The summed E-state index contributed by atoms with van der Waals surface area (Å²) in [5, 5.41) is 0.693. The van der Waals surface area contributed by atoms with Crippen LogP contribution in [0.2, 0.25) is 5.02 Å². The maximum absolute atomic E-state index is 6.32. The molecule has 1 heterocycles. The molecule has 0 radical (unpaired) electrons. The van der Waals surface area contributed by atoms with Crippen molar-refractivity contribution in [2.75, 3.05) is 26.2 Å². The lowest BCUT2D eigenvalue weighted by molar-refractivity contribution is 0.0932. The van der Waals surface area contributed by atoms with Gasteiger partial charge in [0.05, 0.1) is 0 Å². The Bertz CT molecular complexity index is 719. The lowest BCUT2D eigenvalue weighted by Gasteiger charge is -2.27. The Labute approximate surface area is 154 Å². The van der Waals surface area contributed by atoms with Crippen molar-refractivity contribution in [2.24, 2.45) is 0 Å². The van der Waals surface area contributed by atoms with E-state index in [1.165, 1.54) is 0 Å². The summed E-state index contributed by atoms with van der Waals surface area (Å²) in [4.78, 5) is 2.38. The number of halogens is 1. The zero-order chi connectivity index (χ0) is 17.7. The Morgan fingerprint density at radius 3 is 2.80 bits per heavy atom. The second-order valence-electron chi connectivity index (χ2n) is 6.63. The van der Waals surface area contributed by atoms with Gasteiger partial charge in [-0.05, 0) is 37.3 Å². The highest BCUT2D eigenvalue weighted by Crippen LogP contribution is 2.31. The van der Waals surface area contributed by atoms with Crippen molar-refractivity contribution >= 4 is 17.7 Å². The molecular formula is C21H24ClNO2. The number of hydrogen-bond donors (Lipinski definition) is 0. The van der Waals surface area contributed by atoms with Gasteiger partial charge in [0, 0.05) is 36.6 Å². The molecule has 0 N–H and O–H groups in total. The zero-order valence-corrected chi connectivity index (χ0v) is 15.3. The molecule has 1 atom stereocenters. The van der Waals surface area contributed by atoms with E-state index in [0.29, 0.717) is 11.6 Å². The van der Waals surface area contributed by atoms with E-state index in [1.54, 1.807) is 6.08 Å². The van der Waals surface area contributed by atoms with Crippen molar-refractivity contribution in [1.29, 1.82) is 0 Å². The molecule has 132 valence electrons. The van der Waals surface area contributed by atoms with Crippen molar-refractivity contribution in [1.82, 2.24) is 4.90 Å². The first-order valence-electron chi connectivity index (χ1n) is 8.59. The van der Waals surface area contributed by atoms with Crippen molar-refractivity contribution in [2.45, 2.75) is 18.9 Å². The number of hydrogen-bond acceptors (Lipinski definition) is 3. The quantitative estimate of drug-likeness (QED) is 0.703. The van der Waals surface area contributed by atoms with E-state index in [9.17, 15) is 0 Å². The van der Waals surface area contributed by atoms with E-state index < -0.39 is 0 Å². The fraction of sp³-hybridized carbons (Fsp3) is 0.333. The molecule has 0 spiro atoms. The normalized spacial score (nSPS) is 20.4. The van der Waals surface area contributed by atoms with Crippen LogP contribution in [0.15, 0.2) is 55.1 Å². The first-order chi connectivity index (χ1) is 12.1. The van der Waals surface area contributed by atoms with Crippen LogP contribution in [0.4, 0.5) is 0 Å². The third-order valence-corrected chi connectivity index (χ3v) is 4.72. The molecule has 3 rings (SSSR count). The Morgan fingerprint density at radius 1 is 1.24 bits per heavy atom. The standard InChI is InChI=1S/C21H24ClNO2/c1-3-17-15-18(22)9-10-20(17)25-21(2)11-12-23(16-21)13-14-24-19-7-5-4-6-8-19/h3-10,15H,1,11-14,16H2,2H3. The molecule has 1 unspecified atom stereocenters. The molecule has 1 fully saturated rings. The number of ether oxygens (including phenoxy) is 2. The van der Waals surface area contributed by atoms with E-state index in [1.807, 2.05) is 48.5 Å². The van der Waals surface area contributed by atoms with Crippen LogP contribution in [0.1, 0.15) is 18.9 Å². The molecule has 25 heavy (non-hydrogen) atoms. The number of para-hydroxylation sites is 1. The van der Waals surface area contributed by atoms with Gasteiger partial charge in [0.2, 0.25) is 0 Å². The maximum atomic E-state index is 6.32. The third kappa shape index (κ3) is 4.77. The third-order valence-electron chi connectivity index (χ3n) is 4.48. The molecule has 2 aromatic rings. The highest BCUT2D eigenvalue weighted by atomic mass is 35.5. The van der Waals surface area contributed by atoms with Gasteiger partial charge in [0.1, 0.15) is 23.7 Å². The molecular weight excluding hydrogens is 334 g/mol. The van der Waals surface area contributed by atoms with Crippen LogP contribution >= 0.6 is 11.6 Å². The lowest BCUT2D eigenvalue weighted by Crippen LogP contribution is -2.37. The topological polar surface area (TPSA) is 21.7 Å². The van der Waals surface area contributed by atoms with E-state index in [2.05, 4.69) is 18.4 Å². The average molecular weight is 358 g/mol. The summed E-state index contributed by atoms with van der Waals surface area (Å²) in [6, 6.07) is 15.6. The summed E-state index contributed by atoms with van der Waals surface area (Å²) in [6.45, 7) is 9.46. The summed E-state index contributed by atoms with van der Waals surface area (Å²) < 4.78 is 12.1. The zero-order valence-electron chi connectivity index (χ0n) is 14.6. The Balaban J connectivity index is 1.53. The minimum absolute atomic E-state index is 0.210. The Hall–Kier alpha value is -1.97. The summed E-state index contributed by atoms with van der Waals surface area (Å²) in [5.74, 6) is 1.75. The number of benzene rings is 2. The summed E-state index contributed by atoms with van der Waals surface area (Å²) >= 11 is 6.05. The monoisotopic (exact) mass is 357 g/mol. The number of likely N-dealkylation sites (tertiary alicyclic amines) is 1. The summed E-state index contributed by atoms with van der Waals surface area (Å²) in [7, 11) is 0. The van der Waals surface area contributed by atoms with Crippen LogP contribution in [0.3, 0.4) is 0 Å². The highest BCUT2D eigenvalue weighted by molar-refractivity contribution is 6.30. The first-order valence-corrected chi connectivity index (χ1v) is 8.97. The van der Waals surface area contributed by atoms with Gasteiger partial charge < -0.3 is 9.47 Å². The molecule has 0 aliphatic carbocycles. The smallest absolute Gasteiger partial charge is 0.127 e. The second-order valence-corrected chi connectivity index (χ2v) is 7.06. The number of nitrogens with zero attached hydrogens (tertiary/aromatic N) is 1. The van der Waals surface area contributed by atoms with Crippen molar-refractivity contribution in [3.8, 4) is 11.5 Å². The Kier molecular flexibility index (Phi) is 5.67. The van der Waals surface area contributed by atoms with Crippen LogP contribution in [0.25, 0.3) is 6.08 Å². The van der Waals surface area contributed by atoms with Gasteiger partial charge >= 0.3 is 0 Å². The van der Waals surface area contributed by atoms with Crippen molar-refractivity contribution in [3.63, 3.8) is 0 Å². The van der Waals surface area contributed by atoms with Crippen LogP contribution < -0.4 is 9.47 Å². The van der Waals surface area contributed by atoms with Crippen LogP contribution in [-0.2, 0) is 0 Å². The van der Waals surface area contributed by atoms with E-state index in [0.717, 1.165) is 43.1 Å². The highest BCUT2D eigenvalue weighted by Gasteiger charge is 2.36. The summed E-state index contributed by atoms with van der Waals surface area (Å²) in [5.41, 5.74) is 0.720. The van der Waals surface area contributed by atoms with Gasteiger partial charge in [-0.3, -0.25) is 4.90 Å². The number of rotatable bonds is 7. The van der Waals surface area contributed by atoms with Gasteiger partial charge in [-0.15, -0.1) is 0 Å². The lowest BCUT2D eigenvalue weighted by atomic mass is 10.1. The van der Waals surface area contributed by atoms with Crippen LogP contribution in [0.5, 0.6) is 11.5 Å². The molecule has 0 aromatic heterocycles. The first kappa shape index (κ1) is 17.8. The van der Waals surface area contributed by atoms with Gasteiger partial charge in [0.15, 0.2) is 0 Å². The molecule has 1 aliphatic rings. The largest absolute Gasteiger partial charge is 0.492 e. The minimum atomic E-state index is -0.210. The van der Waals surface area contributed by atoms with Gasteiger partial charge in [-0.25, -0.2) is 0 Å². The molecule has 2 aromatic carbocycles. The fourth-order valence-corrected chi connectivity index (χ4v) is 3.33. The van der Waals surface area contributed by atoms with Gasteiger partial charge in [-0.2, -0.15) is 0 Å². The molecule has 1 aliphatic heterocycles. The SMILES string of the molecule is C=Cc1cc(Cl)ccc1OC1(C)CCN(CCOc2ccccc2)C1. The molecule has 3 nitrogen and oxygen atoms in total. The van der Waals surface area contributed by atoms with Crippen molar-refractivity contribution in [3.05, 3.63) is 65.7 Å². The Morgan fingerprint density at radius 2 is 2.04 bits per heavy atom.